The van der Waals surface area contributed by atoms with Gasteiger partial charge in [0.2, 0.25) is 0 Å². The number of carbonyl (C=O) groups excluding carboxylic acids is 1. The average molecular weight is 356 g/mol. The fraction of sp³-hybridized carbons (Fsp3) is 0.409. The molecule has 0 saturated heterocycles. The van der Waals surface area contributed by atoms with Gasteiger partial charge in [-0.1, -0.05) is 45.1 Å². The van der Waals surface area contributed by atoms with Gasteiger partial charge in [0.1, 0.15) is 17.2 Å². The maximum atomic E-state index is 12.5. The lowest BCUT2D eigenvalue weighted by Gasteiger charge is -2.10. The zero-order valence-corrected chi connectivity index (χ0v) is 15.6. The molecule has 0 unspecified atom stereocenters. The van der Waals surface area contributed by atoms with Crippen LogP contribution in [0.25, 0.3) is 0 Å². The van der Waals surface area contributed by atoms with Crippen molar-refractivity contribution in [2.45, 2.75) is 52.4 Å². The lowest BCUT2D eigenvalue weighted by molar-refractivity contribution is 0.103. The minimum absolute atomic E-state index is 0.0854. The summed E-state index contributed by atoms with van der Waals surface area (Å²) in [7, 11) is 0. The molecule has 0 aliphatic heterocycles. The van der Waals surface area contributed by atoms with E-state index in [1.807, 2.05) is 6.92 Å². The highest BCUT2D eigenvalue weighted by Crippen LogP contribution is 2.29. The second-order valence-electron chi connectivity index (χ2n) is 6.64. The number of benzene rings is 2. The smallest absolute Gasteiger partial charge is 0.200 e. The molecule has 4 nitrogen and oxygen atoms in total. The summed E-state index contributed by atoms with van der Waals surface area (Å²) in [5.74, 6) is -0.101. The van der Waals surface area contributed by atoms with Gasteiger partial charge < -0.3 is 14.9 Å². The van der Waals surface area contributed by atoms with Gasteiger partial charge in [-0.15, -0.1) is 0 Å². The van der Waals surface area contributed by atoms with Crippen LogP contribution in [0.1, 0.15) is 66.9 Å². The molecule has 26 heavy (non-hydrogen) atoms. The third-order valence-corrected chi connectivity index (χ3v) is 4.38. The number of ether oxygens (including phenoxy) is 1. The SMILES string of the molecule is CCCCCCCCOc1ccc(C(=O)c2ccc(C)cc2O)c(O)c1. The maximum absolute atomic E-state index is 12.5. The third-order valence-electron chi connectivity index (χ3n) is 4.38. The second-order valence-corrected chi connectivity index (χ2v) is 6.64. The molecule has 0 bridgehead atoms. The van der Waals surface area contributed by atoms with Gasteiger partial charge in [0.15, 0.2) is 5.78 Å². The fourth-order valence-corrected chi connectivity index (χ4v) is 2.84. The second kappa shape index (κ2) is 9.85. The summed E-state index contributed by atoms with van der Waals surface area (Å²) in [6, 6.07) is 9.51. The summed E-state index contributed by atoms with van der Waals surface area (Å²) >= 11 is 0. The molecule has 0 aromatic heterocycles. The Kier molecular flexibility index (Phi) is 7.52. The number of phenolic OH excluding ortho intramolecular Hbond substituents is 2. The summed E-state index contributed by atoms with van der Waals surface area (Å²) in [6.45, 7) is 4.63. The molecule has 2 aromatic carbocycles. The number of hydrogen-bond acceptors (Lipinski definition) is 4. The Bertz CT molecular complexity index is 737. The molecular weight excluding hydrogens is 328 g/mol. The lowest BCUT2D eigenvalue weighted by Crippen LogP contribution is -2.03. The zero-order chi connectivity index (χ0) is 18.9. The summed E-state index contributed by atoms with van der Waals surface area (Å²) < 4.78 is 5.65. The van der Waals surface area contributed by atoms with E-state index in [4.69, 9.17) is 4.74 Å². The molecule has 0 fully saturated rings. The maximum Gasteiger partial charge on any atom is 0.200 e. The van der Waals surface area contributed by atoms with Gasteiger partial charge in [0.05, 0.1) is 17.7 Å². The Morgan fingerprint density at radius 2 is 1.50 bits per heavy atom. The quantitative estimate of drug-likeness (QED) is 0.443. The van der Waals surface area contributed by atoms with E-state index >= 15 is 0 Å². The fourth-order valence-electron chi connectivity index (χ4n) is 2.84. The number of rotatable bonds is 10. The lowest BCUT2D eigenvalue weighted by atomic mass is 10.0. The van der Waals surface area contributed by atoms with E-state index in [0.717, 1.165) is 18.4 Å². The molecule has 0 radical (unpaired) electrons. The molecule has 2 aromatic rings. The van der Waals surface area contributed by atoms with Crippen molar-refractivity contribution in [1.82, 2.24) is 0 Å². The van der Waals surface area contributed by atoms with Gasteiger partial charge >= 0.3 is 0 Å². The van der Waals surface area contributed by atoms with Gasteiger partial charge in [-0.3, -0.25) is 4.79 Å². The summed E-state index contributed by atoms with van der Waals surface area (Å²) in [5.41, 5.74) is 1.18. The van der Waals surface area contributed by atoms with Crippen LogP contribution >= 0.6 is 0 Å². The monoisotopic (exact) mass is 356 g/mol. The minimum atomic E-state index is -0.414. The van der Waals surface area contributed by atoms with E-state index in [0.29, 0.717) is 12.4 Å². The van der Waals surface area contributed by atoms with E-state index in [-0.39, 0.29) is 22.6 Å². The Morgan fingerprint density at radius 3 is 2.15 bits per heavy atom. The van der Waals surface area contributed by atoms with E-state index in [9.17, 15) is 15.0 Å². The van der Waals surface area contributed by atoms with Crippen LogP contribution in [0.15, 0.2) is 36.4 Å². The molecule has 140 valence electrons. The number of unbranched alkanes of at least 4 members (excludes halogenated alkanes) is 5. The first-order chi connectivity index (χ1) is 12.5. The van der Waals surface area contributed by atoms with E-state index in [2.05, 4.69) is 6.92 Å². The highest BCUT2D eigenvalue weighted by atomic mass is 16.5. The first kappa shape index (κ1) is 19.8. The van der Waals surface area contributed by atoms with Crippen molar-refractivity contribution in [3.05, 3.63) is 53.1 Å². The number of hydrogen-bond donors (Lipinski definition) is 2. The van der Waals surface area contributed by atoms with Crippen LogP contribution in [0.4, 0.5) is 0 Å². The predicted octanol–water partition coefficient (Wildman–Crippen LogP) is 5.38. The molecule has 0 aliphatic rings. The van der Waals surface area contributed by atoms with Gasteiger partial charge in [0.25, 0.3) is 0 Å². The van der Waals surface area contributed by atoms with Gasteiger partial charge in [-0.25, -0.2) is 0 Å². The van der Waals surface area contributed by atoms with Crippen LogP contribution in [0.2, 0.25) is 0 Å². The Labute approximate surface area is 155 Å². The van der Waals surface area contributed by atoms with Gasteiger partial charge in [-0.05, 0) is 43.2 Å². The van der Waals surface area contributed by atoms with Crippen LogP contribution in [0.3, 0.4) is 0 Å². The number of carbonyl (C=O) groups is 1. The summed E-state index contributed by atoms with van der Waals surface area (Å²) in [4.78, 5) is 12.5. The Morgan fingerprint density at radius 1 is 0.885 bits per heavy atom. The van der Waals surface area contributed by atoms with Crippen LogP contribution in [-0.2, 0) is 0 Å². The molecule has 0 heterocycles. The molecule has 0 spiro atoms. The number of ketones is 1. The average Bonchev–Trinajstić information content (AvgIpc) is 2.60. The van der Waals surface area contributed by atoms with Crippen molar-refractivity contribution in [3.63, 3.8) is 0 Å². The predicted molar refractivity (Wildman–Crippen MR) is 103 cm³/mol. The standard InChI is InChI=1S/C22H28O4/c1-3-4-5-6-7-8-13-26-17-10-12-19(21(24)15-17)22(25)18-11-9-16(2)14-20(18)23/h9-12,14-15,23-24H,3-8,13H2,1-2H3. The first-order valence-electron chi connectivity index (χ1n) is 9.33. The van der Waals surface area contributed by atoms with Crippen LogP contribution < -0.4 is 4.74 Å². The highest BCUT2D eigenvalue weighted by Gasteiger charge is 2.17. The molecule has 0 atom stereocenters. The van der Waals surface area contributed by atoms with Crippen LogP contribution in [0, 0.1) is 6.92 Å². The summed E-state index contributed by atoms with van der Waals surface area (Å²) in [5, 5.41) is 20.1. The van der Waals surface area contributed by atoms with Crippen molar-refractivity contribution in [3.8, 4) is 17.2 Å². The molecule has 0 saturated carbocycles. The molecular formula is C22H28O4. The number of aryl methyl sites for hydroxylation is 1. The van der Waals surface area contributed by atoms with E-state index in [1.54, 1.807) is 18.2 Å². The first-order valence-corrected chi connectivity index (χ1v) is 9.33. The van der Waals surface area contributed by atoms with Gasteiger partial charge in [0, 0.05) is 6.07 Å². The van der Waals surface area contributed by atoms with Crippen molar-refractivity contribution in [1.29, 1.82) is 0 Å². The Hall–Kier alpha value is -2.49. The van der Waals surface area contributed by atoms with Crippen LogP contribution in [0.5, 0.6) is 17.2 Å². The van der Waals surface area contributed by atoms with E-state index in [1.165, 1.54) is 43.9 Å². The van der Waals surface area contributed by atoms with Crippen LogP contribution in [-0.4, -0.2) is 22.6 Å². The van der Waals surface area contributed by atoms with Crippen molar-refractivity contribution >= 4 is 5.78 Å². The minimum Gasteiger partial charge on any atom is -0.507 e. The molecule has 2 N–H and O–H groups in total. The van der Waals surface area contributed by atoms with Gasteiger partial charge in [-0.2, -0.15) is 0 Å². The van der Waals surface area contributed by atoms with E-state index < -0.39 is 5.78 Å². The normalized spacial score (nSPS) is 10.7. The van der Waals surface area contributed by atoms with Crippen molar-refractivity contribution in [2.75, 3.05) is 6.61 Å². The van der Waals surface area contributed by atoms with Crippen molar-refractivity contribution < 1.29 is 19.7 Å². The Balaban J connectivity index is 1.93. The highest BCUT2D eigenvalue weighted by molar-refractivity contribution is 6.12. The summed E-state index contributed by atoms with van der Waals surface area (Å²) in [6.07, 6.45) is 7.11. The zero-order valence-electron chi connectivity index (χ0n) is 15.6. The largest absolute Gasteiger partial charge is 0.507 e. The molecule has 0 amide bonds. The van der Waals surface area contributed by atoms with Crippen molar-refractivity contribution in [2.24, 2.45) is 0 Å². The molecule has 0 aliphatic carbocycles. The number of phenols is 2. The molecule has 4 heteroatoms. The third kappa shape index (κ3) is 5.51. The molecule has 2 rings (SSSR count). The topological polar surface area (TPSA) is 66.8 Å². The number of aromatic hydroxyl groups is 2.